The van der Waals surface area contributed by atoms with Crippen LogP contribution < -0.4 is 17.0 Å². The third-order valence-electron chi connectivity index (χ3n) is 7.20. The van der Waals surface area contributed by atoms with Gasteiger partial charge >= 0.3 is 7.82 Å². The molecule has 6 rings (SSSR count). The van der Waals surface area contributed by atoms with Crippen molar-refractivity contribution in [2.45, 2.75) is 49.1 Å². The molecule has 2 saturated heterocycles. The van der Waals surface area contributed by atoms with E-state index in [0.29, 0.717) is 0 Å². The Hall–Kier alpha value is -3.47. The third kappa shape index (κ3) is 6.02. The first-order valence-electron chi connectivity index (χ1n) is 13.3. The number of hydrogen-bond donors (Lipinski definition) is 7. The number of imidazole rings is 2. The molecule has 10 atom stereocenters. The lowest BCUT2D eigenvalue weighted by atomic mass is 10.1. The molecule has 2 aliphatic heterocycles. The Morgan fingerprint density at radius 2 is 1.76 bits per heavy atom. The van der Waals surface area contributed by atoms with Crippen LogP contribution in [0.4, 0.5) is 16.2 Å². The Bertz CT molecular complexity index is 1880. The number of ether oxygens (including phenoxy) is 3. The molecule has 0 radical (unpaired) electrons. The maximum absolute atomic E-state index is 15.7. The van der Waals surface area contributed by atoms with Crippen LogP contribution in [0.1, 0.15) is 12.5 Å². The number of halogens is 1. The molecule has 4 aromatic rings. The second-order valence-electron chi connectivity index (χ2n) is 10.1. The van der Waals surface area contributed by atoms with Gasteiger partial charge < -0.3 is 45.7 Å². The van der Waals surface area contributed by atoms with Gasteiger partial charge in [0.25, 0.3) is 5.56 Å². The summed E-state index contributed by atoms with van der Waals surface area (Å²) in [5.41, 5.74) is 10.7. The van der Waals surface area contributed by atoms with Crippen LogP contribution in [0, 0.1) is 0 Å². The molecule has 0 aliphatic carbocycles. The van der Waals surface area contributed by atoms with Crippen LogP contribution in [-0.4, -0.2) is 115 Å². The zero-order valence-corrected chi connectivity index (χ0v) is 25.0. The second kappa shape index (κ2) is 12.6. The van der Waals surface area contributed by atoms with Crippen molar-refractivity contribution in [3.63, 3.8) is 0 Å². The predicted octanol–water partition coefficient (Wildman–Crippen LogP) is -2.08. The highest BCUT2D eigenvalue weighted by molar-refractivity contribution is 7.47. The van der Waals surface area contributed by atoms with Gasteiger partial charge in [0.2, 0.25) is 14.0 Å². The third-order valence-corrected chi connectivity index (χ3v) is 8.60. The second-order valence-corrected chi connectivity index (χ2v) is 12.6. The number of nitrogen functional groups attached to an aromatic ring is 2. The van der Waals surface area contributed by atoms with E-state index in [4.69, 9.17) is 34.7 Å². The number of aliphatic hydroxyl groups is 2. The number of nitrogens with zero attached hydrogens (tertiary/aromatic N) is 7. The molecule has 0 bridgehead atoms. The Morgan fingerprint density at radius 1 is 1.07 bits per heavy atom. The Labute approximate surface area is 255 Å². The molecule has 250 valence electrons. The summed E-state index contributed by atoms with van der Waals surface area (Å²) in [6.45, 7) is -1.59. The molecule has 0 amide bonds. The van der Waals surface area contributed by atoms with E-state index in [9.17, 15) is 33.9 Å². The molecule has 0 aromatic carbocycles. The van der Waals surface area contributed by atoms with Crippen LogP contribution in [0.15, 0.2) is 23.8 Å². The van der Waals surface area contributed by atoms with E-state index < -0.39 is 90.1 Å². The van der Waals surface area contributed by atoms with Crippen LogP contribution in [-0.2, 0) is 32.4 Å². The largest absolute Gasteiger partial charge is 0.472 e. The first kappa shape index (κ1) is 32.5. The summed E-state index contributed by atoms with van der Waals surface area (Å²) in [4.78, 5) is 54.3. The van der Waals surface area contributed by atoms with Gasteiger partial charge in [-0.25, -0.2) is 28.9 Å². The van der Waals surface area contributed by atoms with Gasteiger partial charge in [-0.3, -0.25) is 32.5 Å². The monoisotopic (exact) mass is 692 g/mol. The van der Waals surface area contributed by atoms with Gasteiger partial charge in [-0.15, -0.1) is 0 Å². The van der Waals surface area contributed by atoms with Crippen LogP contribution in [0.3, 0.4) is 0 Å². The zero-order valence-electron chi connectivity index (χ0n) is 23.1. The molecule has 25 heteroatoms. The molecule has 0 saturated carbocycles. The fourth-order valence-corrected chi connectivity index (χ4v) is 6.43. The van der Waals surface area contributed by atoms with Crippen molar-refractivity contribution in [3.05, 3.63) is 29.3 Å². The average Bonchev–Trinajstić information content (AvgIpc) is 3.76. The number of anilines is 2. The van der Waals surface area contributed by atoms with Crippen molar-refractivity contribution >= 4 is 49.9 Å². The summed E-state index contributed by atoms with van der Waals surface area (Å²) in [6.07, 6.45) is -10.1. The number of hydrogen-bond acceptors (Lipinski definition) is 17. The fraction of sp³-hybridized carbons (Fsp3) is 0.524. The minimum atomic E-state index is -5.18. The molecule has 0 spiro atoms. The summed E-state index contributed by atoms with van der Waals surface area (Å²) in [5, 5.41) is 20.5. The van der Waals surface area contributed by atoms with Gasteiger partial charge in [0.05, 0.1) is 25.9 Å². The minimum absolute atomic E-state index is 0.0108. The maximum atomic E-state index is 15.7. The number of rotatable bonds is 11. The summed E-state index contributed by atoms with van der Waals surface area (Å²) in [6, 6.07) is 0. The highest BCUT2D eigenvalue weighted by Gasteiger charge is 2.51. The van der Waals surface area contributed by atoms with Crippen molar-refractivity contribution in [2.24, 2.45) is 0 Å². The van der Waals surface area contributed by atoms with Crippen LogP contribution in [0.2, 0.25) is 0 Å². The van der Waals surface area contributed by atoms with Crippen molar-refractivity contribution < 1.29 is 56.8 Å². The Balaban J connectivity index is 1.22. The van der Waals surface area contributed by atoms with Gasteiger partial charge in [-0.05, 0) is 0 Å². The maximum Gasteiger partial charge on any atom is 0.472 e. The number of aromatic amines is 1. The summed E-state index contributed by atoms with van der Waals surface area (Å²) < 4.78 is 69.6. The lowest BCUT2D eigenvalue weighted by Crippen LogP contribution is -2.36. The topological polar surface area (TPSA) is 320 Å². The number of aromatic nitrogens is 8. The van der Waals surface area contributed by atoms with E-state index in [-0.39, 0.29) is 34.1 Å². The average molecular weight is 692 g/mol. The highest BCUT2D eigenvalue weighted by Crippen LogP contribution is 2.50. The van der Waals surface area contributed by atoms with Crippen LogP contribution in [0.25, 0.3) is 22.3 Å². The fourth-order valence-electron chi connectivity index (χ4n) is 5.16. The van der Waals surface area contributed by atoms with Gasteiger partial charge in [-0.1, -0.05) is 0 Å². The molecule has 22 nitrogen and oxygen atoms in total. The Kier molecular flexibility index (Phi) is 8.91. The number of nitrogens with two attached hydrogens (primary N) is 2. The van der Waals surface area contributed by atoms with Gasteiger partial charge in [0.15, 0.2) is 41.3 Å². The number of alkyl halides is 1. The molecule has 9 N–H and O–H groups in total. The Morgan fingerprint density at radius 3 is 2.48 bits per heavy atom. The number of aliphatic hydroxyl groups excluding tert-OH is 2. The molecule has 46 heavy (non-hydrogen) atoms. The van der Waals surface area contributed by atoms with Crippen molar-refractivity contribution in [2.75, 3.05) is 31.0 Å². The summed E-state index contributed by atoms with van der Waals surface area (Å²) in [5.74, 6) is -0.273. The van der Waals surface area contributed by atoms with Crippen molar-refractivity contribution in [1.82, 2.24) is 39.0 Å². The standard InChI is InChI=1S/C21H27FN10O12P2/c22-9-13(40-6-45(36)37)8(43-19(9)31-4-27-10-15(23)25-3-26-16(10)31)2-41-46(38,39)44-14-12(34)7(1-33)42-20(14)32-5-28-11-17(32)29-21(24)30-18(11)35/h3-5,7-9,12-14,19-20,33-34,45H,1-2,6H2,(H,36,37)(H,38,39)(H2,23,25,26)(H3,24,29,30,35)/t7-,8-,9?,12?,13?,14?,19-,20-/m1/s1. The van der Waals surface area contributed by atoms with Crippen molar-refractivity contribution in [3.8, 4) is 0 Å². The summed E-state index contributed by atoms with van der Waals surface area (Å²) >= 11 is 0. The molecular formula is C21H27FN10O12P2. The number of H-pyrrole nitrogens is 1. The first-order chi connectivity index (χ1) is 21.9. The lowest BCUT2D eigenvalue weighted by molar-refractivity contribution is -0.0647. The van der Waals surface area contributed by atoms with Crippen molar-refractivity contribution in [1.29, 1.82) is 0 Å². The van der Waals surface area contributed by atoms with Gasteiger partial charge in [0, 0.05) is 0 Å². The van der Waals surface area contributed by atoms with Gasteiger partial charge in [-0.2, -0.15) is 4.98 Å². The highest BCUT2D eigenvalue weighted by atomic mass is 31.2. The molecule has 6 heterocycles. The smallest absolute Gasteiger partial charge is 0.394 e. The van der Waals surface area contributed by atoms with Gasteiger partial charge in [0.1, 0.15) is 48.7 Å². The number of fused-ring (bicyclic) bond motifs is 2. The number of phosphoric acid groups is 1. The van der Waals surface area contributed by atoms with Crippen LogP contribution in [0.5, 0.6) is 0 Å². The SMILES string of the molecule is Nc1nc2c(ncn2[C@@H]2O[C@H](CO)C(O)C2OP(=O)(O)OC[C@H]2O[C@@H](n3cnc4c(N)ncnc43)C(F)C2OC[PH](=O)O)c(=O)[nH]1. The predicted molar refractivity (Wildman–Crippen MR) is 150 cm³/mol. The first-order valence-corrected chi connectivity index (χ1v) is 16.3. The van der Waals surface area contributed by atoms with E-state index in [1.807, 2.05) is 0 Å². The number of phosphoric ester groups is 1. The minimum Gasteiger partial charge on any atom is -0.394 e. The molecule has 2 aliphatic rings. The van der Waals surface area contributed by atoms with E-state index in [1.165, 1.54) is 10.9 Å². The zero-order chi connectivity index (χ0) is 32.9. The van der Waals surface area contributed by atoms with E-state index in [0.717, 1.165) is 17.2 Å². The molecular weight excluding hydrogens is 665 g/mol. The number of nitrogens with one attached hydrogen (secondary N) is 1. The van der Waals surface area contributed by atoms with E-state index in [1.54, 1.807) is 0 Å². The molecule has 2 fully saturated rings. The van der Waals surface area contributed by atoms with E-state index >= 15 is 4.39 Å². The van der Waals surface area contributed by atoms with Crippen LogP contribution >= 0.6 is 15.9 Å². The lowest BCUT2D eigenvalue weighted by Gasteiger charge is -2.25. The molecule has 4 aromatic heterocycles. The quantitative estimate of drug-likeness (QED) is 0.0829. The summed E-state index contributed by atoms with van der Waals surface area (Å²) in [7, 11) is -8.41. The normalized spacial score (nSPS) is 30.3. The van der Waals surface area contributed by atoms with E-state index in [2.05, 4.69) is 29.9 Å². The molecule has 6 unspecified atom stereocenters.